The van der Waals surface area contributed by atoms with Crippen molar-refractivity contribution in [3.63, 3.8) is 0 Å². The number of fused-ring (bicyclic) bond motifs is 1. The Morgan fingerprint density at radius 1 is 1.15 bits per heavy atom. The molecule has 11 heteroatoms. The van der Waals surface area contributed by atoms with Gasteiger partial charge in [0.25, 0.3) is 11.5 Å². The van der Waals surface area contributed by atoms with Gasteiger partial charge in [0.15, 0.2) is 11.2 Å². The van der Waals surface area contributed by atoms with E-state index in [0.717, 1.165) is 21.4 Å². The third kappa shape index (κ3) is 3.47. The molecule has 0 aliphatic carbocycles. The summed E-state index contributed by atoms with van der Waals surface area (Å²) in [6, 6.07) is 11.0. The van der Waals surface area contributed by atoms with Crippen molar-refractivity contribution in [2.75, 3.05) is 0 Å². The van der Waals surface area contributed by atoms with Crippen LogP contribution in [0, 0.1) is 6.92 Å². The van der Waals surface area contributed by atoms with Gasteiger partial charge in [-0.2, -0.15) is 10.1 Å². The van der Waals surface area contributed by atoms with Gasteiger partial charge in [-0.05, 0) is 36.2 Å². The quantitative estimate of drug-likeness (QED) is 0.417. The van der Waals surface area contributed by atoms with Gasteiger partial charge in [0.05, 0.1) is 12.0 Å². The molecule has 1 amide bonds. The third-order valence-electron chi connectivity index (χ3n) is 6.02. The molecule has 0 saturated carbocycles. The lowest BCUT2D eigenvalue weighted by Gasteiger charge is -2.20. The molecule has 0 bridgehead atoms. The fourth-order valence-corrected chi connectivity index (χ4v) is 4.36. The number of hydrazone groups is 1. The minimum Gasteiger partial charge on any atom is -0.467 e. The summed E-state index contributed by atoms with van der Waals surface area (Å²) in [7, 11) is 2.86. The summed E-state index contributed by atoms with van der Waals surface area (Å²) >= 11 is 6.31. The van der Waals surface area contributed by atoms with E-state index in [9.17, 15) is 14.4 Å². The number of hydrogen-bond donors (Lipinski definition) is 0. The number of aromatic nitrogens is 4. The predicted molar refractivity (Wildman–Crippen MR) is 126 cm³/mol. The van der Waals surface area contributed by atoms with Gasteiger partial charge < -0.3 is 4.42 Å². The van der Waals surface area contributed by atoms with Crippen LogP contribution in [0.1, 0.15) is 29.3 Å². The monoisotopic (exact) mass is 480 g/mol. The molecule has 0 N–H and O–H groups in total. The van der Waals surface area contributed by atoms with Gasteiger partial charge in [0, 0.05) is 20.5 Å². The van der Waals surface area contributed by atoms with Crippen LogP contribution in [0.5, 0.6) is 0 Å². The Balaban J connectivity index is 1.56. The lowest BCUT2D eigenvalue weighted by atomic mass is 10.0. The number of benzene rings is 1. The Morgan fingerprint density at radius 2 is 1.88 bits per heavy atom. The first-order valence-electron chi connectivity index (χ1n) is 10.6. The topological polar surface area (TPSA) is 108 Å². The molecule has 10 nitrogen and oxygen atoms in total. The van der Waals surface area contributed by atoms with E-state index in [-0.39, 0.29) is 23.0 Å². The molecule has 5 rings (SSSR count). The molecular weight excluding hydrogens is 460 g/mol. The highest BCUT2D eigenvalue weighted by molar-refractivity contribution is 6.29. The number of furan rings is 1. The summed E-state index contributed by atoms with van der Waals surface area (Å²) in [5, 5.41) is 5.90. The van der Waals surface area contributed by atoms with E-state index in [1.807, 2.05) is 31.2 Å². The van der Waals surface area contributed by atoms with Crippen molar-refractivity contribution in [2.24, 2.45) is 19.2 Å². The Bertz CT molecular complexity index is 1560. The van der Waals surface area contributed by atoms with Crippen LogP contribution in [-0.2, 0) is 25.4 Å². The zero-order chi connectivity index (χ0) is 24.1. The number of rotatable bonds is 4. The summed E-state index contributed by atoms with van der Waals surface area (Å²) in [6.45, 7) is 1.71. The molecule has 1 aromatic carbocycles. The average molecular weight is 481 g/mol. The highest BCUT2D eigenvalue weighted by Crippen LogP contribution is 2.33. The van der Waals surface area contributed by atoms with Crippen LogP contribution >= 0.6 is 11.6 Å². The van der Waals surface area contributed by atoms with E-state index in [4.69, 9.17) is 16.0 Å². The summed E-state index contributed by atoms with van der Waals surface area (Å²) in [5.41, 5.74) is 1.84. The van der Waals surface area contributed by atoms with Crippen molar-refractivity contribution in [2.45, 2.75) is 25.9 Å². The number of carbonyl (C=O) groups is 1. The maximum absolute atomic E-state index is 13.5. The summed E-state index contributed by atoms with van der Waals surface area (Å²) in [4.78, 5) is 42.7. The van der Waals surface area contributed by atoms with Crippen molar-refractivity contribution >= 4 is 34.4 Å². The molecule has 1 atom stereocenters. The van der Waals surface area contributed by atoms with Crippen molar-refractivity contribution < 1.29 is 9.21 Å². The predicted octanol–water partition coefficient (Wildman–Crippen LogP) is 2.37. The number of carbonyl (C=O) groups excluding carboxylic acids is 1. The molecular formula is C23H21ClN6O4. The van der Waals surface area contributed by atoms with Crippen LogP contribution in [0.2, 0.25) is 5.28 Å². The normalized spacial score (nSPS) is 15.8. The summed E-state index contributed by atoms with van der Waals surface area (Å²) in [6.07, 6.45) is 2.02. The van der Waals surface area contributed by atoms with Crippen molar-refractivity contribution in [1.29, 1.82) is 0 Å². The third-order valence-corrected chi connectivity index (χ3v) is 6.31. The molecule has 0 unspecified atom stereocenters. The number of imidazole rings is 1. The molecule has 0 saturated heterocycles. The zero-order valence-corrected chi connectivity index (χ0v) is 19.5. The maximum Gasteiger partial charge on any atom is 0.332 e. The van der Waals surface area contributed by atoms with Crippen LogP contribution in [0.4, 0.5) is 0 Å². The SMILES string of the molecule is Cc1ccc(C2=NN(C(=O)Cn3c(Cl)nc4c3c(=O)n(C)c(=O)n4C)[C@H](c3ccco3)C2)cc1. The lowest BCUT2D eigenvalue weighted by Crippen LogP contribution is -2.38. The Labute approximate surface area is 198 Å². The van der Waals surface area contributed by atoms with Gasteiger partial charge in [-0.15, -0.1) is 0 Å². The standard InChI is InChI=1S/C23H21ClN6O4/c1-13-6-8-14(9-7-13)15-11-16(17-5-4-10-34-17)30(26-15)18(31)12-29-19-20(25-22(29)24)27(2)23(33)28(3)21(19)32/h4-10,16H,11-12H2,1-3H3/t16-/m0/s1. The lowest BCUT2D eigenvalue weighted by molar-refractivity contribution is -0.133. The first-order chi connectivity index (χ1) is 16.3. The van der Waals surface area contributed by atoms with Gasteiger partial charge in [-0.3, -0.25) is 23.3 Å². The minimum absolute atomic E-state index is 0.0689. The molecule has 1 aliphatic heterocycles. The largest absolute Gasteiger partial charge is 0.467 e. The number of amides is 1. The zero-order valence-electron chi connectivity index (χ0n) is 18.7. The molecule has 1 aliphatic rings. The summed E-state index contributed by atoms with van der Waals surface area (Å²) in [5.74, 6) is 0.194. The van der Waals surface area contributed by atoms with E-state index in [0.29, 0.717) is 12.2 Å². The van der Waals surface area contributed by atoms with Crippen LogP contribution in [0.15, 0.2) is 61.8 Å². The molecule has 3 aromatic heterocycles. The number of halogens is 1. The van der Waals surface area contributed by atoms with E-state index >= 15 is 0 Å². The van der Waals surface area contributed by atoms with E-state index < -0.39 is 23.2 Å². The first-order valence-corrected chi connectivity index (χ1v) is 11.0. The first kappa shape index (κ1) is 21.9. The van der Waals surface area contributed by atoms with Gasteiger partial charge in [-0.1, -0.05) is 29.8 Å². The fourth-order valence-electron chi connectivity index (χ4n) is 4.14. The average Bonchev–Trinajstić information content (AvgIpc) is 3.56. The highest BCUT2D eigenvalue weighted by Gasteiger charge is 2.35. The van der Waals surface area contributed by atoms with Gasteiger partial charge in [0.2, 0.25) is 5.28 Å². The van der Waals surface area contributed by atoms with E-state index in [1.54, 1.807) is 18.4 Å². The Morgan fingerprint density at radius 3 is 2.56 bits per heavy atom. The Kier molecular flexibility index (Phi) is 5.24. The van der Waals surface area contributed by atoms with Gasteiger partial charge in [-0.25, -0.2) is 9.80 Å². The molecule has 4 aromatic rings. The maximum atomic E-state index is 13.5. The van der Waals surface area contributed by atoms with Crippen LogP contribution in [0.25, 0.3) is 11.2 Å². The minimum atomic E-state index is -0.585. The number of nitrogens with zero attached hydrogens (tertiary/aromatic N) is 6. The second-order valence-corrected chi connectivity index (χ2v) is 8.57. The van der Waals surface area contributed by atoms with Gasteiger partial charge >= 0.3 is 5.69 Å². The van der Waals surface area contributed by atoms with Crippen LogP contribution in [-0.4, -0.2) is 35.3 Å². The van der Waals surface area contributed by atoms with Crippen molar-refractivity contribution in [1.82, 2.24) is 23.7 Å². The fraction of sp³-hybridized carbons (Fsp3) is 0.261. The molecule has 0 fully saturated rings. The van der Waals surface area contributed by atoms with Gasteiger partial charge in [0.1, 0.15) is 18.3 Å². The molecule has 4 heterocycles. The highest BCUT2D eigenvalue weighted by atomic mass is 35.5. The number of hydrogen-bond acceptors (Lipinski definition) is 6. The smallest absolute Gasteiger partial charge is 0.332 e. The molecule has 0 spiro atoms. The van der Waals surface area contributed by atoms with E-state index in [1.165, 1.54) is 28.2 Å². The van der Waals surface area contributed by atoms with Crippen LogP contribution < -0.4 is 11.2 Å². The van der Waals surface area contributed by atoms with E-state index in [2.05, 4.69) is 10.1 Å². The molecule has 174 valence electrons. The van der Waals surface area contributed by atoms with Crippen LogP contribution in [0.3, 0.4) is 0 Å². The number of aryl methyl sites for hydroxylation is 2. The Hall–Kier alpha value is -3.92. The molecule has 34 heavy (non-hydrogen) atoms. The second-order valence-electron chi connectivity index (χ2n) is 8.23. The molecule has 0 radical (unpaired) electrons. The van der Waals surface area contributed by atoms with Crippen molar-refractivity contribution in [3.05, 3.63) is 85.7 Å². The second kappa shape index (κ2) is 8.14. The summed E-state index contributed by atoms with van der Waals surface area (Å²) < 4.78 is 9.07. The van der Waals surface area contributed by atoms with Crippen molar-refractivity contribution in [3.8, 4) is 0 Å².